The molecule has 0 saturated carbocycles. The first-order valence-corrected chi connectivity index (χ1v) is 21.7. The topological polar surface area (TPSA) is 0 Å². The van der Waals surface area contributed by atoms with E-state index >= 15 is 0 Å². The van der Waals surface area contributed by atoms with Gasteiger partial charge in [0.25, 0.3) is 0 Å². The Hall–Kier alpha value is -1.24. The molecule has 0 fully saturated rings. The third kappa shape index (κ3) is 4.36. The van der Waals surface area contributed by atoms with E-state index in [0.29, 0.717) is 0 Å². The Bertz CT molecular complexity index is 1080. The second kappa shape index (κ2) is 8.60. The van der Waals surface area contributed by atoms with Crippen LogP contribution in [0.5, 0.6) is 0 Å². The van der Waals surface area contributed by atoms with Crippen molar-refractivity contribution >= 4 is 12.0 Å². The Morgan fingerprint density at radius 2 is 1.52 bits per heavy atom. The van der Waals surface area contributed by atoms with Gasteiger partial charge in [0.15, 0.2) is 0 Å². The average Bonchev–Trinajstić information content (AvgIpc) is 3.20. The predicted molar refractivity (Wildman–Crippen MR) is 137 cm³/mol. The van der Waals surface area contributed by atoms with E-state index in [1.807, 2.05) is 0 Å². The third-order valence-corrected chi connectivity index (χ3v) is 29.2. The van der Waals surface area contributed by atoms with Crippen molar-refractivity contribution in [2.75, 3.05) is 0 Å². The molecule has 0 spiro atoms. The summed E-state index contributed by atoms with van der Waals surface area (Å²) in [4.78, 5) is 0. The van der Waals surface area contributed by atoms with E-state index in [-0.39, 0.29) is 5.41 Å². The van der Waals surface area contributed by atoms with E-state index < -0.39 is 26.8 Å². The molecule has 2 unspecified atom stereocenters. The van der Waals surface area contributed by atoms with Crippen LogP contribution in [0.4, 0.5) is 0 Å². The number of allylic oxidation sites excluding steroid dienone is 5. The Kier molecular flexibility index (Phi) is 6.36. The monoisotopic (exact) mass is 503 g/mol. The molecular formula is C29H37SiZr. The first-order chi connectivity index (χ1) is 14.6. The molecule has 0 aromatic heterocycles. The third-order valence-electron chi connectivity index (χ3n) is 7.07. The van der Waals surface area contributed by atoms with Crippen LogP contribution in [0.25, 0.3) is 17.2 Å². The minimum absolute atomic E-state index is 0.195. The quantitative estimate of drug-likeness (QED) is 0.367. The minimum atomic E-state index is -1.75. The van der Waals surface area contributed by atoms with Crippen LogP contribution < -0.4 is 0 Å². The van der Waals surface area contributed by atoms with E-state index in [9.17, 15) is 0 Å². The van der Waals surface area contributed by atoms with Gasteiger partial charge in [-0.1, -0.05) is 0 Å². The molecule has 0 amide bonds. The first-order valence-electron chi connectivity index (χ1n) is 11.7. The molecule has 161 valence electrons. The van der Waals surface area contributed by atoms with Crippen LogP contribution in [0, 0.1) is 0 Å². The van der Waals surface area contributed by atoms with Crippen molar-refractivity contribution in [3.63, 3.8) is 0 Å². The molecular weight excluding hydrogens is 468 g/mol. The normalized spacial score (nSPS) is 20.5. The van der Waals surface area contributed by atoms with Gasteiger partial charge in [0, 0.05) is 0 Å². The first kappa shape index (κ1) is 22.9. The molecule has 2 aliphatic carbocycles. The summed E-state index contributed by atoms with van der Waals surface area (Å²) >= 11 is -1.75. The molecule has 0 nitrogen and oxygen atoms in total. The molecule has 2 atom stereocenters. The average molecular weight is 505 g/mol. The summed E-state index contributed by atoms with van der Waals surface area (Å²) in [6.07, 6.45) is 7.61. The van der Waals surface area contributed by atoms with Crippen LogP contribution in [-0.4, -0.2) is 5.92 Å². The summed E-state index contributed by atoms with van der Waals surface area (Å²) in [6, 6.07) is 16.4. The predicted octanol–water partition coefficient (Wildman–Crippen LogP) is 8.41. The van der Waals surface area contributed by atoms with Crippen molar-refractivity contribution in [2.45, 2.75) is 67.3 Å². The van der Waals surface area contributed by atoms with Gasteiger partial charge in [-0.05, 0) is 0 Å². The molecule has 2 aromatic carbocycles. The van der Waals surface area contributed by atoms with Crippen molar-refractivity contribution in [3.8, 4) is 11.1 Å². The molecule has 0 radical (unpaired) electrons. The molecule has 4 rings (SSSR count). The second-order valence-electron chi connectivity index (χ2n) is 10.9. The van der Waals surface area contributed by atoms with Crippen molar-refractivity contribution in [2.24, 2.45) is 0 Å². The van der Waals surface area contributed by atoms with Gasteiger partial charge in [0.1, 0.15) is 0 Å². The van der Waals surface area contributed by atoms with Crippen molar-refractivity contribution < 1.29 is 20.9 Å². The maximum atomic E-state index is 2.63. The number of fused-ring (bicyclic) bond motifs is 1. The molecule has 31 heavy (non-hydrogen) atoms. The summed E-state index contributed by atoms with van der Waals surface area (Å²) in [6.45, 7) is 19.2. The van der Waals surface area contributed by atoms with Gasteiger partial charge in [-0.2, -0.15) is 0 Å². The zero-order valence-electron chi connectivity index (χ0n) is 20.5. The SMILES string of the molecule is CC1=C[CH]([Zr]([CH]2C(C)=Cc3c(-c4ccc(C(C)(C)C)cc4)cccc32)[SiH](C)C)C(C)=C1. The Morgan fingerprint density at radius 3 is 2.06 bits per heavy atom. The van der Waals surface area contributed by atoms with Crippen molar-refractivity contribution in [3.05, 3.63) is 88.0 Å². The number of hydrogen-bond donors (Lipinski definition) is 0. The van der Waals surface area contributed by atoms with E-state index in [0.717, 1.165) is 7.25 Å². The number of rotatable bonds is 4. The zero-order chi connectivity index (χ0) is 22.5. The summed E-state index contributed by atoms with van der Waals surface area (Å²) in [5.41, 5.74) is 12.3. The van der Waals surface area contributed by atoms with Gasteiger partial charge in [0.2, 0.25) is 0 Å². The fourth-order valence-corrected chi connectivity index (χ4v) is 28.4. The van der Waals surface area contributed by atoms with Crippen LogP contribution in [0.1, 0.15) is 61.9 Å². The molecule has 0 bridgehead atoms. The molecule has 0 aliphatic heterocycles. The van der Waals surface area contributed by atoms with Crippen LogP contribution in [-0.2, 0) is 26.3 Å². The molecule has 2 aliphatic rings. The Balaban J connectivity index is 1.77. The van der Waals surface area contributed by atoms with Gasteiger partial charge in [-0.15, -0.1) is 0 Å². The van der Waals surface area contributed by atoms with Gasteiger partial charge in [-0.3, -0.25) is 0 Å². The van der Waals surface area contributed by atoms with Gasteiger partial charge >= 0.3 is 199 Å². The second-order valence-corrected chi connectivity index (χ2v) is 31.1. The van der Waals surface area contributed by atoms with Crippen LogP contribution >= 0.6 is 0 Å². The van der Waals surface area contributed by atoms with Crippen molar-refractivity contribution in [1.29, 1.82) is 0 Å². The summed E-state index contributed by atoms with van der Waals surface area (Å²) in [5, 5.41) is 0. The van der Waals surface area contributed by atoms with E-state index in [1.165, 1.54) is 27.8 Å². The number of hydrogen-bond acceptors (Lipinski definition) is 0. The fraction of sp³-hybridized carbons (Fsp3) is 0.379. The fourth-order valence-electron chi connectivity index (χ4n) is 5.52. The van der Waals surface area contributed by atoms with Crippen LogP contribution in [0.2, 0.25) is 16.7 Å². The van der Waals surface area contributed by atoms with Gasteiger partial charge in [-0.25, -0.2) is 0 Å². The zero-order valence-corrected chi connectivity index (χ0v) is 24.1. The summed E-state index contributed by atoms with van der Waals surface area (Å²) in [7, 11) is 0. The van der Waals surface area contributed by atoms with E-state index in [2.05, 4.69) is 115 Å². The van der Waals surface area contributed by atoms with Gasteiger partial charge in [0.05, 0.1) is 0 Å². The summed E-state index contributed by atoms with van der Waals surface area (Å²) < 4.78 is 1.54. The van der Waals surface area contributed by atoms with Crippen LogP contribution in [0.3, 0.4) is 0 Å². The standard InChI is InChI=1S/C20H21.C7H9.C2H7Si.Zr/c1-14-12-16-6-5-7-18(19(16)13-14)15-8-10-17(11-9-15)20(2,3)4;1-6-3-4-7(2)5-6;1-3-2;/h5-13H,1-4H3;3-5H,1-2H3;3H,1-2H3;. The Morgan fingerprint density at radius 1 is 0.839 bits per heavy atom. The molecule has 2 aromatic rings. The van der Waals surface area contributed by atoms with E-state index in [4.69, 9.17) is 0 Å². The molecule has 0 saturated heterocycles. The Labute approximate surface area is 198 Å². The van der Waals surface area contributed by atoms with E-state index in [1.54, 1.807) is 16.7 Å². The molecule has 0 heterocycles. The van der Waals surface area contributed by atoms with Crippen LogP contribution in [0.15, 0.2) is 71.3 Å². The van der Waals surface area contributed by atoms with Gasteiger partial charge < -0.3 is 0 Å². The molecule has 0 N–H and O–H groups in total. The summed E-state index contributed by atoms with van der Waals surface area (Å²) in [5.74, 6) is -0.700. The molecule has 2 heteroatoms. The van der Waals surface area contributed by atoms with Crippen molar-refractivity contribution in [1.82, 2.24) is 0 Å². The maximum absolute atomic E-state index is 2.63. The number of benzene rings is 2.